The summed E-state index contributed by atoms with van der Waals surface area (Å²) in [4.78, 5) is 0. The van der Waals surface area contributed by atoms with E-state index in [1.807, 2.05) is 13.8 Å². The number of hydrogen-bond acceptors (Lipinski definition) is 1. The van der Waals surface area contributed by atoms with Crippen LogP contribution in [0.1, 0.15) is 13.8 Å². The Morgan fingerprint density at radius 2 is 0.547 bits per heavy atom. The van der Waals surface area contributed by atoms with E-state index >= 15 is 0 Å². The van der Waals surface area contributed by atoms with Gasteiger partial charge in [-0.05, 0) is 98.4 Å². The molecular weight excluding hydrogens is 639 g/mol. The molecule has 0 atom stereocenters. The summed E-state index contributed by atoms with van der Waals surface area (Å²) in [6, 6.07) is 71.2. The Labute approximate surface area is 311 Å². The zero-order valence-electron chi connectivity index (χ0n) is 30.2. The van der Waals surface area contributed by atoms with Crippen molar-refractivity contribution in [3.05, 3.63) is 194 Å². The molecule has 0 aliphatic heterocycles. The van der Waals surface area contributed by atoms with E-state index in [9.17, 15) is 0 Å². The predicted molar refractivity (Wildman–Crippen MR) is 232 cm³/mol. The highest BCUT2D eigenvalue weighted by Gasteiger charge is 2.21. The van der Waals surface area contributed by atoms with Crippen molar-refractivity contribution >= 4 is 53.9 Å². The molecule has 0 heterocycles. The highest BCUT2D eigenvalue weighted by molar-refractivity contribution is 6.30. The average Bonchev–Trinajstić information content (AvgIpc) is 3.23. The van der Waals surface area contributed by atoms with Gasteiger partial charge in [-0.1, -0.05) is 208 Å². The van der Waals surface area contributed by atoms with Crippen LogP contribution in [-0.4, -0.2) is 0 Å². The molecule has 0 aliphatic carbocycles. The lowest BCUT2D eigenvalue weighted by molar-refractivity contribution is 1.50. The van der Waals surface area contributed by atoms with Crippen LogP contribution in [0.4, 0.5) is 0 Å². The van der Waals surface area contributed by atoms with Crippen molar-refractivity contribution in [3.63, 3.8) is 0 Å². The maximum Gasteiger partial charge on any atom is -0.00139 e. The van der Waals surface area contributed by atoms with Crippen LogP contribution < -0.4 is 6.15 Å². The molecule has 0 radical (unpaired) electrons. The zero-order valence-corrected chi connectivity index (χ0v) is 30.2. The van der Waals surface area contributed by atoms with Gasteiger partial charge in [0.05, 0.1) is 0 Å². The maximum absolute atomic E-state index is 2.38. The maximum atomic E-state index is 2.38. The van der Waals surface area contributed by atoms with Crippen molar-refractivity contribution in [3.8, 4) is 44.5 Å². The number of fused-ring (bicyclic) bond motifs is 6. The Kier molecular flexibility index (Phi) is 9.02. The molecule has 0 unspecified atom stereocenters. The van der Waals surface area contributed by atoms with Gasteiger partial charge < -0.3 is 6.15 Å². The Bertz CT molecular complexity index is 2830. The van der Waals surface area contributed by atoms with E-state index in [0.29, 0.717) is 0 Å². The molecule has 53 heavy (non-hydrogen) atoms. The molecule has 10 aromatic rings. The minimum Gasteiger partial charge on any atom is -0.344 e. The fourth-order valence-electron chi connectivity index (χ4n) is 8.41. The van der Waals surface area contributed by atoms with Gasteiger partial charge in [-0.25, -0.2) is 0 Å². The molecule has 0 bridgehead atoms. The lowest BCUT2D eigenvalue weighted by atomic mass is 9.81. The fraction of sp³-hybridized carbons (Fsp3) is 0.0385. The van der Waals surface area contributed by atoms with Gasteiger partial charge in [-0.15, -0.1) is 0 Å². The number of benzene rings is 10. The highest BCUT2D eigenvalue weighted by atomic mass is 14.2. The van der Waals surface area contributed by atoms with Crippen LogP contribution >= 0.6 is 0 Å². The topological polar surface area (TPSA) is 35.0 Å². The third kappa shape index (κ3) is 5.46. The van der Waals surface area contributed by atoms with Crippen LogP contribution in [0, 0.1) is 0 Å². The second-order valence-electron chi connectivity index (χ2n) is 13.1. The van der Waals surface area contributed by atoms with E-state index in [-0.39, 0.29) is 6.15 Å². The number of rotatable bonds is 4. The summed E-state index contributed by atoms with van der Waals surface area (Å²) in [5.74, 6) is 0. The third-order valence-electron chi connectivity index (χ3n) is 10.4. The van der Waals surface area contributed by atoms with E-state index in [1.54, 1.807) is 0 Å². The summed E-state index contributed by atoms with van der Waals surface area (Å²) < 4.78 is 0. The molecule has 0 aliphatic rings. The van der Waals surface area contributed by atoms with E-state index in [2.05, 4.69) is 194 Å². The Hall–Kier alpha value is -6.54. The first kappa shape index (κ1) is 33.6. The Morgan fingerprint density at radius 3 is 1.00 bits per heavy atom. The molecule has 1 nitrogen and oxygen atoms in total. The molecule has 0 amide bonds. The normalized spacial score (nSPS) is 11.1. The molecule has 3 N–H and O–H groups in total. The first-order chi connectivity index (χ1) is 25.9. The van der Waals surface area contributed by atoms with Crippen molar-refractivity contribution in [2.75, 3.05) is 0 Å². The zero-order chi connectivity index (χ0) is 35.0. The van der Waals surface area contributed by atoms with Gasteiger partial charge in [-0.3, -0.25) is 0 Å². The molecule has 1 heteroatoms. The fourth-order valence-corrected chi connectivity index (χ4v) is 8.41. The van der Waals surface area contributed by atoms with Crippen LogP contribution in [0.3, 0.4) is 0 Å². The minimum absolute atomic E-state index is 0. The molecule has 0 saturated carbocycles. The molecule has 10 aromatic carbocycles. The first-order valence-electron chi connectivity index (χ1n) is 18.4. The van der Waals surface area contributed by atoms with Gasteiger partial charge in [0.15, 0.2) is 0 Å². The quantitative estimate of drug-likeness (QED) is 0.146. The van der Waals surface area contributed by atoms with Crippen molar-refractivity contribution < 1.29 is 0 Å². The summed E-state index contributed by atoms with van der Waals surface area (Å²) in [5, 5.41) is 12.7. The van der Waals surface area contributed by atoms with Crippen LogP contribution in [0.15, 0.2) is 194 Å². The smallest absolute Gasteiger partial charge is 0.00139 e. The van der Waals surface area contributed by atoms with E-state index < -0.39 is 0 Å². The molecule has 254 valence electrons. The summed E-state index contributed by atoms with van der Waals surface area (Å²) in [6.45, 7) is 4.00. The lowest BCUT2D eigenvalue weighted by Gasteiger charge is -2.21. The average molecular weight is 680 g/mol. The molecule has 10 rings (SSSR count). The lowest BCUT2D eigenvalue weighted by Crippen LogP contribution is -1.94. The molecule has 0 spiro atoms. The van der Waals surface area contributed by atoms with E-state index in [0.717, 1.165) is 0 Å². The molecular formula is C52H41N. The van der Waals surface area contributed by atoms with Gasteiger partial charge in [0, 0.05) is 0 Å². The van der Waals surface area contributed by atoms with Gasteiger partial charge in [0.25, 0.3) is 0 Å². The molecule has 0 fully saturated rings. The van der Waals surface area contributed by atoms with E-state index in [1.165, 1.54) is 98.4 Å². The standard InChI is InChI=1S/C50H32.C2H6.H3N/c1-4-17-33(18-5-1)46-40-24-11-14-27-43(40)49(44-28-15-12-25-41(44)46)37-29-16-30-38-36(37)31-32-45-47(34-19-6-2-7-20-34)39-23-10-13-26-42(39)48(50(38)45)35-21-8-3-9-22-35;1-2;/h1-32H;1-2H3;1H3. The molecule has 0 saturated heterocycles. The summed E-state index contributed by atoms with van der Waals surface area (Å²) in [5.41, 5.74) is 10.1. The second-order valence-corrected chi connectivity index (χ2v) is 13.1. The molecule has 0 aromatic heterocycles. The van der Waals surface area contributed by atoms with Gasteiger partial charge in [0.1, 0.15) is 0 Å². The third-order valence-corrected chi connectivity index (χ3v) is 10.4. The van der Waals surface area contributed by atoms with Crippen molar-refractivity contribution in [2.24, 2.45) is 0 Å². The predicted octanol–water partition coefficient (Wildman–Crippen LogP) is 15.3. The SMILES string of the molecule is CC.N.c1ccc(-c2c3ccccc3c(-c3cccc4c3ccc3c(-c5ccccc5)c5ccccc5c(-c5ccccc5)c34)c3ccccc23)cc1. The van der Waals surface area contributed by atoms with Crippen LogP contribution in [-0.2, 0) is 0 Å². The minimum atomic E-state index is 0. The largest absolute Gasteiger partial charge is 0.344 e. The summed E-state index contributed by atoms with van der Waals surface area (Å²) in [7, 11) is 0. The van der Waals surface area contributed by atoms with E-state index in [4.69, 9.17) is 0 Å². The first-order valence-corrected chi connectivity index (χ1v) is 18.4. The summed E-state index contributed by atoms with van der Waals surface area (Å²) in [6.07, 6.45) is 0. The van der Waals surface area contributed by atoms with Gasteiger partial charge in [0.2, 0.25) is 0 Å². The van der Waals surface area contributed by atoms with Gasteiger partial charge >= 0.3 is 0 Å². The Morgan fingerprint density at radius 1 is 0.226 bits per heavy atom. The van der Waals surface area contributed by atoms with Crippen LogP contribution in [0.25, 0.3) is 98.4 Å². The van der Waals surface area contributed by atoms with Crippen molar-refractivity contribution in [1.82, 2.24) is 6.15 Å². The van der Waals surface area contributed by atoms with Gasteiger partial charge in [-0.2, -0.15) is 0 Å². The van der Waals surface area contributed by atoms with Crippen molar-refractivity contribution in [1.29, 1.82) is 0 Å². The highest BCUT2D eigenvalue weighted by Crippen LogP contribution is 2.49. The Balaban J connectivity index is 0.00000131. The second kappa shape index (κ2) is 14.2. The summed E-state index contributed by atoms with van der Waals surface area (Å²) >= 11 is 0. The van der Waals surface area contributed by atoms with Crippen LogP contribution in [0.2, 0.25) is 0 Å². The van der Waals surface area contributed by atoms with Crippen molar-refractivity contribution in [2.45, 2.75) is 13.8 Å². The number of hydrogen-bond donors (Lipinski definition) is 1. The van der Waals surface area contributed by atoms with Crippen LogP contribution in [0.5, 0.6) is 0 Å². The monoisotopic (exact) mass is 679 g/mol.